The molecule has 3 fully saturated rings. The summed E-state index contributed by atoms with van der Waals surface area (Å²) in [4.78, 5) is 11.6. The van der Waals surface area contributed by atoms with Crippen molar-refractivity contribution in [3.63, 3.8) is 0 Å². The molecule has 0 amide bonds. The Morgan fingerprint density at radius 3 is 2.78 bits per heavy atom. The van der Waals surface area contributed by atoms with Gasteiger partial charge in [-0.1, -0.05) is 11.6 Å². The molecule has 2 aromatic rings. The van der Waals surface area contributed by atoms with Gasteiger partial charge in [-0.05, 0) is 45.4 Å². The number of aromatic nitrogens is 4. The summed E-state index contributed by atoms with van der Waals surface area (Å²) in [5.41, 5.74) is 1.90. The van der Waals surface area contributed by atoms with E-state index < -0.39 is 0 Å². The summed E-state index contributed by atoms with van der Waals surface area (Å²) in [6.45, 7) is 5.43. The Morgan fingerprint density at radius 2 is 2.00 bits per heavy atom. The van der Waals surface area contributed by atoms with Crippen LogP contribution in [0.2, 0.25) is 5.02 Å². The molecule has 2 saturated heterocycles. The molecular formula is C22H30ClN7O2. The fourth-order valence-electron chi connectivity index (χ4n) is 5.71. The van der Waals surface area contributed by atoms with Crippen LogP contribution >= 0.6 is 11.6 Å². The number of fused-ring (bicyclic) bond motifs is 5. The van der Waals surface area contributed by atoms with Crippen molar-refractivity contribution in [2.24, 2.45) is 0 Å². The Hall–Kier alpha value is -2.10. The minimum absolute atomic E-state index is 0.386. The molecule has 2 aromatic heterocycles. The summed E-state index contributed by atoms with van der Waals surface area (Å²) in [5, 5.41) is 12.0. The van der Waals surface area contributed by atoms with Gasteiger partial charge in [0, 0.05) is 25.2 Å². The first kappa shape index (κ1) is 20.5. The molecule has 0 spiro atoms. The summed E-state index contributed by atoms with van der Waals surface area (Å²) >= 11 is 6.23. The third-order valence-electron chi connectivity index (χ3n) is 7.37. The smallest absolute Gasteiger partial charge is 0.257 e. The van der Waals surface area contributed by atoms with Gasteiger partial charge in [0.05, 0.1) is 37.3 Å². The van der Waals surface area contributed by atoms with Crippen LogP contribution in [0.15, 0.2) is 6.20 Å². The predicted molar refractivity (Wildman–Crippen MR) is 122 cm³/mol. The third-order valence-corrected chi connectivity index (χ3v) is 7.65. The maximum absolute atomic E-state index is 6.23. The van der Waals surface area contributed by atoms with E-state index in [-0.39, 0.29) is 0 Å². The number of anilines is 3. The molecule has 0 unspecified atom stereocenters. The average Bonchev–Trinajstić information content (AvgIpc) is 3.51. The first-order chi connectivity index (χ1) is 15.7. The van der Waals surface area contributed by atoms with E-state index in [4.69, 9.17) is 26.2 Å². The summed E-state index contributed by atoms with van der Waals surface area (Å²) in [6.07, 6.45) is 8.82. The minimum Gasteiger partial charge on any atom is -0.475 e. The number of nitrogens with zero attached hydrogens (tertiary/aromatic N) is 5. The van der Waals surface area contributed by atoms with Crippen LogP contribution in [0.1, 0.15) is 50.3 Å². The number of likely N-dealkylation sites (tertiary alicyclic amines) is 1. The summed E-state index contributed by atoms with van der Waals surface area (Å²) in [6, 6.07) is 1.71. The molecule has 5 heterocycles. The Balaban J connectivity index is 1.21. The molecule has 4 aliphatic rings. The molecule has 10 heteroatoms. The average molecular weight is 460 g/mol. The minimum atomic E-state index is 0.386. The number of hydrogen-bond donors (Lipinski definition) is 2. The first-order valence-corrected chi connectivity index (χ1v) is 12.2. The van der Waals surface area contributed by atoms with E-state index in [1.165, 1.54) is 19.3 Å². The highest BCUT2D eigenvalue weighted by atomic mass is 35.5. The molecule has 172 valence electrons. The topological polar surface area (TPSA) is 89.4 Å². The molecule has 1 aliphatic carbocycles. The number of nitrogens with one attached hydrogen (secondary N) is 2. The standard InChI is InChI=1S/C22H30ClN7O2/c1-13-19-21(31-8-2-7-24-20-18(23)10-25-22(26-19)27-20)28-30(13)15-5-3-14(4-6-15)29-11-17-9-16(29)12-32-17/h10,14-17H,2-9,11-12H2,1H3,(H2,24,25,26,27)/t14?,15?,16-,17-/m1/s1. The van der Waals surface area contributed by atoms with Crippen molar-refractivity contribution in [1.29, 1.82) is 0 Å². The van der Waals surface area contributed by atoms with Gasteiger partial charge in [0.15, 0.2) is 5.82 Å². The van der Waals surface area contributed by atoms with Crippen LogP contribution in [-0.4, -0.2) is 69.1 Å². The maximum atomic E-state index is 6.23. The van der Waals surface area contributed by atoms with Crippen molar-refractivity contribution < 1.29 is 9.47 Å². The quantitative estimate of drug-likeness (QED) is 0.705. The summed E-state index contributed by atoms with van der Waals surface area (Å²) < 4.78 is 14.0. The Kier molecular flexibility index (Phi) is 5.35. The van der Waals surface area contributed by atoms with Gasteiger partial charge >= 0.3 is 0 Å². The van der Waals surface area contributed by atoms with Crippen LogP contribution in [0.4, 0.5) is 17.5 Å². The molecule has 32 heavy (non-hydrogen) atoms. The highest BCUT2D eigenvalue weighted by Gasteiger charge is 2.43. The van der Waals surface area contributed by atoms with Crippen molar-refractivity contribution in [2.75, 3.05) is 36.9 Å². The SMILES string of the molecule is Cc1c2c(nn1C1CCC(N3C[C@H]4C[C@@H]3CO4)CC1)OCCCNc1nc(ncc1Cl)N2. The van der Waals surface area contributed by atoms with Crippen molar-refractivity contribution in [2.45, 2.75) is 69.7 Å². The lowest BCUT2D eigenvalue weighted by atomic mass is 9.89. The van der Waals surface area contributed by atoms with Crippen LogP contribution < -0.4 is 15.4 Å². The van der Waals surface area contributed by atoms with E-state index in [1.54, 1.807) is 6.20 Å². The third kappa shape index (κ3) is 3.70. The van der Waals surface area contributed by atoms with Crippen LogP contribution in [0.3, 0.4) is 0 Å². The fraction of sp³-hybridized carbons (Fsp3) is 0.682. The van der Waals surface area contributed by atoms with E-state index >= 15 is 0 Å². The van der Waals surface area contributed by atoms with Gasteiger partial charge in [-0.3, -0.25) is 9.58 Å². The fourth-order valence-corrected chi connectivity index (χ4v) is 5.87. The van der Waals surface area contributed by atoms with Gasteiger partial charge in [-0.15, -0.1) is 5.10 Å². The number of rotatable bonds is 2. The zero-order valence-electron chi connectivity index (χ0n) is 18.4. The number of ether oxygens (including phenoxy) is 2. The van der Waals surface area contributed by atoms with Crippen molar-refractivity contribution in [3.8, 4) is 5.88 Å². The Bertz CT molecular complexity index is 991. The number of morpholine rings is 1. The van der Waals surface area contributed by atoms with Crippen LogP contribution in [0.25, 0.3) is 0 Å². The van der Waals surface area contributed by atoms with Gasteiger partial charge in [-0.25, -0.2) is 4.98 Å². The Morgan fingerprint density at radius 1 is 1.16 bits per heavy atom. The lowest BCUT2D eigenvalue weighted by Crippen LogP contribution is -2.45. The van der Waals surface area contributed by atoms with E-state index in [0.717, 1.165) is 50.3 Å². The molecule has 1 saturated carbocycles. The molecule has 4 bridgehead atoms. The van der Waals surface area contributed by atoms with Gasteiger partial charge < -0.3 is 20.1 Å². The molecule has 6 rings (SSSR count). The highest BCUT2D eigenvalue weighted by molar-refractivity contribution is 6.32. The van der Waals surface area contributed by atoms with Crippen molar-refractivity contribution in [1.82, 2.24) is 24.6 Å². The Labute approximate surface area is 192 Å². The van der Waals surface area contributed by atoms with Crippen LogP contribution in [-0.2, 0) is 4.74 Å². The second-order valence-electron chi connectivity index (χ2n) is 9.36. The largest absolute Gasteiger partial charge is 0.475 e. The highest BCUT2D eigenvalue weighted by Crippen LogP contribution is 2.40. The summed E-state index contributed by atoms with van der Waals surface area (Å²) in [5.74, 6) is 1.75. The zero-order chi connectivity index (χ0) is 21.7. The van der Waals surface area contributed by atoms with Crippen molar-refractivity contribution in [3.05, 3.63) is 16.9 Å². The van der Waals surface area contributed by atoms with Crippen molar-refractivity contribution >= 4 is 29.1 Å². The number of halogens is 1. The molecule has 9 nitrogen and oxygen atoms in total. The van der Waals surface area contributed by atoms with Gasteiger partial charge in [0.1, 0.15) is 10.7 Å². The lowest BCUT2D eigenvalue weighted by Gasteiger charge is -2.39. The second-order valence-corrected chi connectivity index (χ2v) is 9.77. The predicted octanol–water partition coefficient (Wildman–Crippen LogP) is 3.53. The lowest BCUT2D eigenvalue weighted by molar-refractivity contribution is 0.000597. The van der Waals surface area contributed by atoms with Crippen LogP contribution in [0, 0.1) is 6.92 Å². The molecule has 2 N–H and O–H groups in total. The van der Waals surface area contributed by atoms with Gasteiger partial charge in [0.25, 0.3) is 5.88 Å². The van der Waals surface area contributed by atoms with E-state index in [1.807, 2.05) is 0 Å². The molecule has 0 aromatic carbocycles. The zero-order valence-corrected chi connectivity index (χ0v) is 19.1. The molecular weight excluding hydrogens is 430 g/mol. The van der Waals surface area contributed by atoms with Gasteiger partial charge in [0.2, 0.25) is 5.95 Å². The van der Waals surface area contributed by atoms with E-state index in [2.05, 4.69) is 37.1 Å². The maximum Gasteiger partial charge on any atom is 0.257 e. The van der Waals surface area contributed by atoms with Crippen LogP contribution in [0.5, 0.6) is 5.88 Å². The molecule has 2 atom stereocenters. The first-order valence-electron chi connectivity index (χ1n) is 11.8. The molecule has 0 radical (unpaired) electrons. The van der Waals surface area contributed by atoms with E-state index in [0.29, 0.717) is 53.5 Å². The second kappa shape index (κ2) is 8.35. The molecule has 3 aliphatic heterocycles. The summed E-state index contributed by atoms with van der Waals surface area (Å²) in [7, 11) is 0. The normalized spacial score (nSPS) is 30.1. The number of hydrogen-bond acceptors (Lipinski definition) is 8. The van der Waals surface area contributed by atoms with Gasteiger partial charge in [-0.2, -0.15) is 4.98 Å². The monoisotopic (exact) mass is 459 g/mol. The van der Waals surface area contributed by atoms with E-state index in [9.17, 15) is 0 Å².